The summed E-state index contributed by atoms with van der Waals surface area (Å²) < 4.78 is 2.07. The zero-order valence-electron chi connectivity index (χ0n) is 13.5. The van der Waals surface area contributed by atoms with Crippen molar-refractivity contribution >= 4 is 11.6 Å². The molecular formula is C19H21N3O. The third kappa shape index (κ3) is 3.42. The summed E-state index contributed by atoms with van der Waals surface area (Å²) in [6, 6.07) is 16.2. The molecule has 0 fully saturated rings. The van der Waals surface area contributed by atoms with Gasteiger partial charge in [-0.1, -0.05) is 36.4 Å². The van der Waals surface area contributed by atoms with E-state index in [1.165, 1.54) is 0 Å². The molecule has 0 unspecified atom stereocenters. The van der Waals surface area contributed by atoms with Crippen molar-refractivity contribution in [1.82, 2.24) is 14.7 Å². The van der Waals surface area contributed by atoms with Crippen LogP contribution in [0.25, 0.3) is 16.9 Å². The van der Waals surface area contributed by atoms with Crippen molar-refractivity contribution in [3.05, 3.63) is 60.4 Å². The van der Waals surface area contributed by atoms with E-state index in [4.69, 9.17) is 4.98 Å². The topological polar surface area (TPSA) is 46.4 Å². The van der Waals surface area contributed by atoms with Gasteiger partial charge in [-0.05, 0) is 32.4 Å². The number of hydrogen-bond acceptors (Lipinski definition) is 2. The predicted octanol–water partition coefficient (Wildman–Crippen LogP) is 3.46. The first-order valence-corrected chi connectivity index (χ1v) is 7.96. The standard InChI is InChI=1S/C19H21N3O/c1-14(2)20-18(23)12-11-16-19(15-8-4-3-5-9-15)21-17-10-6-7-13-22(16)17/h3-10,13-14H,11-12H2,1-2H3,(H,20,23). The number of aryl methyl sites for hydroxylation is 1. The SMILES string of the molecule is CC(C)NC(=O)CCc1c(-c2ccccc2)nc2ccccn12. The molecule has 1 aromatic carbocycles. The average molecular weight is 307 g/mol. The number of benzene rings is 1. The number of aromatic nitrogens is 2. The van der Waals surface area contributed by atoms with Gasteiger partial charge in [0, 0.05) is 24.2 Å². The van der Waals surface area contributed by atoms with Crippen LogP contribution in [-0.4, -0.2) is 21.3 Å². The summed E-state index contributed by atoms with van der Waals surface area (Å²) in [5.41, 5.74) is 4.01. The quantitative estimate of drug-likeness (QED) is 0.784. The summed E-state index contributed by atoms with van der Waals surface area (Å²) in [6.45, 7) is 3.95. The van der Waals surface area contributed by atoms with Gasteiger partial charge in [0.2, 0.25) is 5.91 Å². The van der Waals surface area contributed by atoms with E-state index in [0.29, 0.717) is 12.8 Å². The molecule has 3 rings (SSSR count). The molecule has 0 bridgehead atoms. The number of carbonyl (C=O) groups excluding carboxylic acids is 1. The Bertz CT molecular complexity index is 806. The van der Waals surface area contributed by atoms with Crippen molar-refractivity contribution in [2.24, 2.45) is 0 Å². The van der Waals surface area contributed by atoms with Gasteiger partial charge in [0.15, 0.2) is 0 Å². The maximum atomic E-state index is 12.0. The summed E-state index contributed by atoms with van der Waals surface area (Å²) in [6.07, 6.45) is 3.12. The monoisotopic (exact) mass is 307 g/mol. The second-order valence-electron chi connectivity index (χ2n) is 5.92. The molecule has 0 saturated carbocycles. The first-order valence-electron chi connectivity index (χ1n) is 7.96. The molecule has 1 amide bonds. The summed E-state index contributed by atoms with van der Waals surface area (Å²) in [4.78, 5) is 16.7. The van der Waals surface area contributed by atoms with Crippen LogP contribution in [-0.2, 0) is 11.2 Å². The van der Waals surface area contributed by atoms with Gasteiger partial charge >= 0.3 is 0 Å². The Morgan fingerprint density at radius 3 is 2.61 bits per heavy atom. The number of nitrogens with zero attached hydrogens (tertiary/aromatic N) is 2. The number of pyridine rings is 1. The fourth-order valence-corrected chi connectivity index (χ4v) is 2.74. The molecule has 23 heavy (non-hydrogen) atoms. The maximum Gasteiger partial charge on any atom is 0.220 e. The Balaban J connectivity index is 1.95. The van der Waals surface area contributed by atoms with Crippen LogP contribution in [0.5, 0.6) is 0 Å². The minimum absolute atomic E-state index is 0.0740. The van der Waals surface area contributed by atoms with Crippen molar-refractivity contribution in [2.45, 2.75) is 32.7 Å². The molecule has 0 spiro atoms. The molecular weight excluding hydrogens is 286 g/mol. The molecule has 0 aliphatic heterocycles. The zero-order chi connectivity index (χ0) is 16.2. The number of imidazole rings is 1. The van der Waals surface area contributed by atoms with E-state index in [-0.39, 0.29) is 11.9 Å². The van der Waals surface area contributed by atoms with E-state index >= 15 is 0 Å². The van der Waals surface area contributed by atoms with Crippen LogP contribution in [0.1, 0.15) is 26.0 Å². The van der Waals surface area contributed by atoms with Crippen LogP contribution in [0, 0.1) is 0 Å². The molecule has 118 valence electrons. The molecule has 0 saturated heterocycles. The third-order valence-corrected chi connectivity index (χ3v) is 3.71. The molecule has 2 aromatic heterocycles. The summed E-state index contributed by atoms with van der Waals surface area (Å²) in [7, 11) is 0. The zero-order valence-corrected chi connectivity index (χ0v) is 13.5. The van der Waals surface area contributed by atoms with Crippen LogP contribution in [0.15, 0.2) is 54.7 Å². The lowest BCUT2D eigenvalue weighted by Crippen LogP contribution is -2.30. The second-order valence-corrected chi connectivity index (χ2v) is 5.92. The highest BCUT2D eigenvalue weighted by Crippen LogP contribution is 2.25. The van der Waals surface area contributed by atoms with Crippen LogP contribution in [0.4, 0.5) is 0 Å². The average Bonchev–Trinajstić information content (AvgIpc) is 2.92. The summed E-state index contributed by atoms with van der Waals surface area (Å²) in [5, 5.41) is 2.94. The van der Waals surface area contributed by atoms with E-state index in [0.717, 1.165) is 22.6 Å². The molecule has 3 aromatic rings. The van der Waals surface area contributed by atoms with Gasteiger partial charge in [0.05, 0.1) is 11.4 Å². The van der Waals surface area contributed by atoms with Crippen LogP contribution in [0.2, 0.25) is 0 Å². The van der Waals surface area contributed by atoms with Gasteiger partial charge in [-0.25, -0.2) is 4.98 Å². The van der Waals surface area contributed by atoms with Crippen LogP contribution >= 0.6 is 0 Å². The van der Waals surface area contributed by atoms with Crippen molar-refractivity contribution < 1.29 is 4.79 Å². The first-order chi connectivity index (χ1) is 11.1. The lowest BCUT2D eigenvalue weighted by molar-refractivity contribution is -0.121. The van der Waals surface area contributed by atoms with E-state index < -0.39 is 0 Å². The van der Waals surface area contributed by atoms with Crippen molar-refractivity contribution in [2.75, 3.05) is 0 Å². The smallest absolute Gasteiger partial charge is 0.220 e. The highest BCUT2D eigenvalue weighted by atomic mass is 16.1. The molecule has 1 N–H and O–H groups in total. The van der Waals surface area contributed by atoms with Gasteiger partial charge < -0.3 is 9.72 Å². The molecule has 0 aliphatic carbocycles. The fraction of sp³-hybridized carbons (Fsp3) is 0.263. The number of amides is 1. The Morgan fingerprint density at radius 1 is 1.13 bits per heavy atom. The molecule has 4 heteroatoms. The van der Waals surface area contributed by atoms with Crippen molar-refractivity contribution in [1.29, 1.82) is 0 Å². The normalized spacial score (nSPS) is 11.1. The Morgan fingerprint density at radius 2 is 1.87 bits per heavy atom. The van der Waals surface area contributed by atoms with Gasteiger partial charge in [0.1, 0.15) is 5.65 Å². The van der Waals surface area contributed by atoms with Crippen LogP contribution in [0.3, 0.4) is 0 Å². The Kier molecular flexibility index (Phi) is 4.42. The lowest BCUT2D eigenvalue weighted by Gasteiger charge is -2.09. The minimum atomic E-state index is 0.0740. The summed E-state index contributed by atoms with van der Waals surface area (Å²) in [5.74, 6) is 0.0740. The maximum absolute atomic E-state index is 12.0. The van der Waals surface area contributed by atoms with Gasteiger partial charge in [0.25, 0.3) is 0 Å². The fourth-order valence-electron chi connectivity index (χ4n) is 2.74. The Labute approximate surface area is 136 Å². The highest BCUT2D eigenvalue weighted by molar-refractivity contribution is 5.77. The number of carbonyl (C=O) groups is 1. The molecule has 0 radical (unpaired) electrons. The Hall–Kier alpha value is -2.62. The minimum Gasteiger partial charge on any atom is -0.354 e. The van der Waals surface area contributed by atoms with E-state index in [9.17, 15) is 4.79 Å². The van der Waals surface area contributed by atoms with Gasteiger partial charge in [-0.15, -0.1) is 0 Å². The highest BCUT2D eigenvalue weighted by Gasteiger charge is 2.15. The van der Waals surface area contributed by atoms with E-state index in [1.54, 1.807) is 0 Å². The number of fused-ring (bicyclic) bond motifs is 1. The number of rotatable bonds is 5. The summed E-state index contributed by atoms with van der Waals surface area (Å²) >= 11 is 0. The van der Waals surface area contributed by atoms with Gasteiger partial charge in [-0.2, -0.15) is 0 Å². The third-order valence-electron chi connectivity index (χ3n) is 3.71. The molecule has 0 aliphatic rings. The molecule has 0 atom stereocenters. The number of nitrogens with one attached hydrogen (secondary N) is 1. The predicted molar refractivity (Wildman–Crippen MR) is 92.2 cm³/mol. The molecule has 2 heterocycles. The largest absolute Gasteiger partial charge is 0.354 e. The first kappa shape index (κ1) is 15.3. The van der Waals surface area contributed by atoms with Crippen molar-refractivity contribution in [3.8, 4) is 11.3 Å². The molecule has 4 nitrogen and oxygen atoms in total. The van der Waals surface area contributed by atoms with E-state index in [2.05, 4.69) is 21.9 Å². The van der Waals surface area contributed by atoms with Crippen molar-refractivity contribution in [3.63, 3.8) is 0 Å². The van der Waals surface area contributed by atoms with Gasteiger partial charge in [-0.3, -0.25) is 4.79 Å². The number of hydrogen-bond donors (Lipinski definition) is 1. The van der Waals surface area contributed by atoms with E-state index in [1.807, 2.05) is 56.4 Å². The second kappa shape index (κ2) is 6.65. The van der Waals surface area contributed by atoms with Crippen LogP contribution < -0.4 is 5.32 Å². The lowest BCUT2D eigenvalue weighted by atomic mass is 10.1.